The minimum Gasteiger partial charge on any atom is -0.481 e. The summed E-state index contributed by atoms with van der Waals surface area (Å²) < 4.78 is 29.0. The highest BCUT2D eigenvalue weighted by molar-refractivity contribution is 7.13. The van der Waals surface area contributed by atoms with E-state index >= 15 is 0 Å². The van der Waals surface area contributed by atoms with Gasteiger partial charge in [0.15, 0.2) is 5.13 Å². The third-order valence-corrected chi connectivity index (χ3v) is 7.12. The summed E-state index contributed by atoms with van der Waals surface area (Å²) in [6.07, 6.45) is 2.18. The van der Waals surface area contributed by atoms with Gasteiger partial charge in [-0.2, -0.15) is 0 Å². The monoisotopic (exact) mass is 492 g/mol. The Morgan fingerprint density at radius 2 is 2.18 bits per heavy atom. The molecular weight excluding hydrogens is 470 g/mol. The van der Waals surface area contributed by atoms with Crippen LogP contribution in [0.1, 0.15) is 31.0 Å². The number of likely N-dealkylation sites (tertiary alicyclic amines) is 1. The van der Waals surface area contributed by atoms with Gasteiger partial charge in [-0.3, -0.25) is 9.69 Å². The average molecular weight is 493 g/mol. The number of thiazole rings is 1. The number of hydrogen-bond donors (Lipinski definition) is 2. The van der Waals surface area contributed by atoms with Crippen molar-refractivity contribution in [1.82, 2.24) is 14.9 Å². The van der Waals surface area contributed by atoms with Crippen LogP contribution in [0.5, 0.6) is 0 Å². The highest BCUT2D eigenvalue weighted by atomic mass is 35.5. The van der Waals surface area contributed by atoms with E-state index in [9.17, 15) is 18.7 Å². The molecule has 2 aromatic heterocycles. The first-order valence-corrected chi connectivity index (χ1v) is 11.8. The second-order valence-electron chi connectivity index (χ2n) is 8.34. The first kappa shape index (κ1) is 23.5. The minimum absolute atomic E-state index is 0.0364. The fourth-order valence-electron chi connectivity index (χ4n) is 4.32. The third-order valence-electron chi connectivity index (χ3n) is 6.14. The fraction of sp³-hybridized carbons (Fsp3) is 0.348. The molecule has 4 rings (SSSR count). The molecule has 2 atom stereocenters. The molecule has 0 unspecified atom stereocenters. The molecule has 1 saturated heterocycles. The second kappa shape index (κ2) is 9.70. The van der Waals surface area contributed by atoms with Gasteiger partial charge in [0, 0.05) is 36.1 Å². The van der Waals surface area contributed by atoms with E-state index in [1.54, 1.807) is 23.7 Å². The van der Waals surface area contributed by atoms with E-state index in [1.165, 1.54) is 29.5 Å². The Labute approximate surface area is 199 Å². The molecular formula is C23H23ClF2N4O2S. The van der Waals surface area contributed by atoms with Crippen LogP contribution in [0.25, 0.3) is 0 Å². The van der Waals surface area contributed by atoms with E-state index in [0.29, 0.717) is 36.0 Å². The molecule has 174 valence electrons. The first-order valence-electron chi connectivity index (χ1n) is 10.5. The van der Waals surface area contributed by atoms with Crippen LogP contribution < -0.4 is 5.32 Å². The van der Waals surface area contributed by atoms with E-state index in [4.69, 9.17) is 11.6 Å². The van der Waals surface area contributed by atoms with Crippen LogP contribution in [-0.2, 0) is 17.8 Å². The van der Waals surface area contributed by atoms with E-state index in [2.05, 4.69) is 15.3 Å². The van der Waals surface area contributed by atoms with Gasteiger partial charge in [0.25, 0.3) is 0 Å². The molecule has 2 N–H and O–H groups in total. The molecule has 3 aromatic rings. The van der Waals surface area contributed by atoms with Crippen LogP contribution in [0.15, 0.2) is 41.9 Å². The van der Waals surface area contributed by atoms with Crippen molar-refractivity contribution in [1.29, 1.82) is 0 Å². The summed E-state index contributed by atoms with van der Waals surface area (Å²) in [6, 6.07) is 7.49. The SMILES string of the molecule is C[C@H]1C[C@@](Cc2nc(Nc3nccs3)ccc2F)(C(=O)O)CCN1Cc1cccc(Cl)c1F. The summed E-state index contributed by atoms with van der Waals surface area (Å²) in [5.74, 6) is -1.58. The van der Waals surface area contributed by atoms with Gasteiger partial charge in [-0.25, -0.2) is 18.7 Å². The Bertz CT molecular complexity index is 1150. The van der Waals surface area contributed by atoms with E-state index < -0.39 is 23.0 Å². The normalized spacial score (nSPS) is 21.2. The van der Waals surface area contributed by atoms with Crippen molar-refractivity contribution in [2.45, 2.75) is 38.8 Å². The van der Waals surface area contributed by atoms with Crippen LogP contribution in [0.2, 0.25) is 5.02 Å². The van der Waals surface area contributed by atoms with Gasteiger partial charge in [0.05, 0.1) is 16.1 Å². The number of hydrogen-bond acceptors (Lipinski definition) is 6. The Balaban J connectivity index is 1.52. The Morgan fingerprint density at radius 1 is 1.36 bits per heavy atom. The molecule has 0 amide bonds. The van der Waals surface area contributed by atoms with Crippen molar-refractivity contribution in [3.8, 4) is 0 Å². The van der Waals surface area contributed by atoms with Crippen LogP contribution in [0.3, 0.4) is 0 Å². The number of pyridine rings is 1. The van der Waals surface area contributed by atoms with Crippen molar-refractivity contribution in [2.24, 2.45) is 5.41 Å². The number of halogens is 3. The molecule has 10 heteroatoms. The summed E-state index contributed by atoms with van der Waals surface area (Å²) in [5.41, 5.74) is -0.609. The van der Waals surface area contributed by atoms with Crippen molar-refractivity contribution in [3.63, 3.8) is 0 Å². The van der Waals surface area contributed by atoms with Crippen molar-refractivity contribution in [2.75, 3.05) is 11.9 Å². The zero-order valence-corrected chi connectivity index (χ0v) is 19.5. The molecule has 0 spiro atoms. The lowest BCUT2D eigenvalue weighted by molar-refractivity contribution is -0.153. The van der Waals surface area contributed by atoms with E-state index in [0.717, 1.165) is 0 Å². The number of benzene rings is 1. The number of anilines is 2. The first-order chi connectivity index (χ1) is 15.8. The molecule has 1 aliphatic heterocycles. The fourth-order valence-corrected chi connectivity index (χ4v) is 5.05. The molecule has 33 heavy (non-hydrogen) atoms. The molecule has 1 aromatic carbocycles. The highest BCUT2D eigenvalue weighted by Crippen LogP contribution is 2.39. The topological polar surface area (TPSA) is 78.3 Å². The number of nitrogens with one attached hydrogen (secondary N) is 1. The smallest absolute Gasteiger partial charge is 0.310 e. The van der Waals surface area contributed by atoms with Gasteiger partial charge in [-0.15, -0.1) is 11.3 Å². The van der Waals surface area contributed by atoms with Gasteiger partial charge >= 0.3 is 5.97 Å². The number of nitrogens with zero attached hydrogens (tertiary/aromatic N) is 3. The lowest BCUT2D eigenvalue weighted by atomic mass is 9.72. The van der Waals surface area contributed by atoms with E-state index in [1.807, 2.05) is 11.8 Å². The average Bonchev–Trinajstić information content (AvgIpc) is 3.28. The predicted molar refractivity (Wildman–Crippen MR) is 124 cm³/mol. The molecule has 1 aliphatic rings. The number of rotatable bonds is 7. The maximum Gasteiger partial charge on any atom is 0.310 e. The van der Waals surface area contributed by atoms with Crippen molar-refractivity contribution < 1.29 is 18.7 Å². The zero-order valence-electron chi connectivity index (χ0n) is 17.9. The number of aliphatic carboxylic acids is 1. The van der Waals surface area contributed by atoms with E-state index in [-0.39, 0.29) is 29.6 Å². The molecule has 6 nitrogen and oxygen atoms in total. The van der Waals surface area contributed by atoms with Crippen LogP contribution in [-0.4, -0.2) is 38.5 Å². The summed E-state index contributed by atoms with van der Waals surface area (Å²) in [7, 11) is 0. The number of carboxylic acids is 1. The molecule has 0 bridgehead atoms. The van der Waals surface area contributed by atoms with Gasteiger partial charge in [-0.1, -0.05) is 23.7 Å². The summed E-state index contributed by atoms with van der Waals surface area (Å²) >= 11 is 7.28. The maximum atomic E-state index is 14.6. The maximum absolute atomic E-state index is 14.6. The standard InChI is InChI=1S/C23H23ClF2N4O2S/c1-14-11-23(21(31)32,7-9-30(14)13-15-3-2-4-16(24)20(15)26)12-18-17(25)5-6-19(28-18)29-22-27-8-10-33-22/h2-6,8,10,14H,7,9,11-13H2,1H3,(H,31,32)(H,27,28,29)/t14-,23-/m0/s1. The van der Waals surface area contributed by atoms with Gasteiger partial charge in [-0.05, 0) is 44.5 Å². The highest BCUT2D eigenvalue weighted by Gasteiger charge is 2.45. The van der Waals surface area contributed by atoms with Gasteiger partial charge in [0.1, 0.15) is 17.5 Å². The lowest BCUT2D eigenvalue weighted by Crippen LogP contribution is -2.50. The van der Waals surface area contributed by atoms with Crippen LogP contribution in [0.4, 0.5) is 19.7 Å². The van der Waals surface area contributed by atoms with Crippen LogP contribution >= 0.6 is 22.9 Å². The second-order valence-corrected chi connectivity index (χ2v) is 9.64. The van der Waals surface area contributed by atoms with Gasteiger partial charge < -0.3 is 10.4 Å². The number of carbonyl (C=O) groups is 1. The Morgan fingerprint density at radius 3 is 2.88 bits per heavy atom. The third kappa shape index (κ3) is 5.15. The lowest BCUT2D eigenvalue weighted by Gasteiger charge is -2.43. The summed E-state index contributed by atoms with van der Waals surface area (Å²) in [6.45, 7) is 2.66. The summed E-state index contributed by atoms with van der Waals surface area (Å²) in [4.78, 5) is 22.9. The summed E-state index contributed by atoms with van der Waals surface area (Å²) in [5, 5.41) is 15.6. The molecule has 1 fully saturated rings. The zero-order chi connectivity index (χ0) is 23.6. The molecule has 0 saturated carbocycles. The predicted octanol–water partition coefficient (Wildman–Crippen LogP) is 5.51. The molecule has 0 radical (unpaired) electrons. The largest absolute Gasteiger partial charge is 0.481 e. The Hall–Kier alpha value is -2.62. The van der Waals surface area contributed by atoms with Crippen LogP contribution in [0, 0.1) is 17.0 Å². The number of aromatic nitrogens is 2. The number of carboxylic acid groups (broad SMARTS) is 1. The van der Waals surface area contributed by atoms with Gasteiger partial charge in [0.2, 0.25) is 0 Å². The molecule has 0 aliphatic carbocycles. The minimum atomic E-state index is -1.17. The number of piperidine rings is 1. The van der Waals surface area contributed by atoms with Crippen molar-refractivity contribution in [3.05, 3.63) is 69.8 Å². The molecule has 3 heterocycles. The van der Waals surface area contributed by atoms with Crippen molar-refractivity contribution >= 4 is 39.9 Å². The quantitative estimate of drug-likeness (QED) is 0.452. The Kier molecular flexibility index (Phi) is 6.92.